The van der Waals surface area contributed by atoms with E-state index in [0.29, 0.717) is 0 Å². The maximum absolute atomic E-state index is 0. The van der Waals surface area contributed by atoms with E-state index in [4.69, 9.17) is 0 Å². The average Bonchev–Trinajstić information content (AvgIpc) is 0. The second-order valence-electron chi connectivity index (χ2n) is 0. The van der Waals surface area contributed by atoms with E-state index in [-0.39, 0.29) is 44.3 Å². The van der Waals surface area contributed by atoms with Crippen LogP contribution < -0.4 is 12.3 Å². The maximum atomic E-state index is 0. The summed E-state index contributed by atoms with van der Waals surface area (Å²) in [7, 11) is 0. The van der Waals surface area contributed by atoms with Crippen molar-refractivity contribution in [2.45, 2.75) is 0 Å². The maximum Gasteiger partial charge on any atom is 2.00 e. The molecule has 0 aromatic carbocycles. The summed E-state index contributed by atoms with van der Waals surface area (Å²) in [6.07, 6.45) is 0. The zero-order chi connectivity index (χ0) is 0. The van der Waals surface area contributed by atoms with Gasteiger partial charge < -0.3 is 23.3 Å². The molecule has 0 bridgehead atoms. The fourth-order valence-corrected chi connectivity index (χ4v) is 0. The van der Waals surface area contributed by atoms with Crippen LogP contribution in [0.5, 0.6) is 0 Å². The largest absolute Gasteiger partial charge is 2.00 e. The number of rotatable bonds is 0. The minimum Gasteiger partial charge on any atom is -0.870 e. The van der Waals surface area contributed by atoms with E-state index in [0.717, 1.165) is 0 Å². The van der Waals surface area contributed by atoms with Gasteiger partial charge in [0, 0.05) is 0 Å². The van der Waals surface area contributed by atoms with Gasteiger partial charge in [-0.05, 0) is 0 Å². The van der Waals surface area contributed by atoms with Gasteiger partial charge in [-0.2, -0.15) is 0 Å². The Bertz CT molecular complexity index is 7.61. The first-order valence-corrected chi connectivity index (χ1v) is 0. The van der Waals surface area contributed by atoms with Crippen molar-refractivity contribution < 1.29 is 32.0 Å². The third-order valence-electron chi connectivity index (χ3n) is 0. The SMILES string of the molecule is N.N.[OH-].[OH-].[Pt+2]. The van der Waals surface area contributed by atoms with E-state index < -0.39 is 0 Å². The van der Waals surface area contributed by atoms with Crippen LogP contribution in [-0.2, 0) is 21.1 Å². The molecule has 5 heavy (non-hydrogen) atoms. The van der Waals surface area contributed by atoms with E-state index in [2.05, 4.69) is 0 Å². The Morgan fingerprint density at radius 3 is 0.600 bits per heavy atom. The predicted octanol–water partition coefficient (Wildman–Crippen LogP) is -0.0321. The van der Waals surface area contributed by atoms with Crippen LogP contribution in [0.3, 0.4) is 0 Å². The van der Waals surface area contributed by atoms with Crippen molar-refractivity contribution in [3.8, 4) is 0 Å². The summed E-state index contributed by atoms with van der Waals surface area (Å²) in [5, 5.41) is 0. The molecule has 0 aromatic rings. The monoisotopic (exact) mass is 263 g/mol. The first-order chi connectivity index (χ1) is 0. The molecule has 0 spiro atoms. The van der Waals surface area contributed by atoms with Crippen molar-refractivity contribution >= 4 is 0 Å². The van der Waals surface area contributed by atoms with E-state index in [1.54, 1.807) is 0 Å². The van der Waals surface area contributed by atoms with Gasteiger partial charge in [0.05, 0.1) is 0 Å². The van der Waals surface area contributed by atoms with Crippen LogP contribution in [0, 0.1) is 0 Å². The molecule has 0 rings (SSSR count). The molecule has 8 N–H and O–H groups in total. The van der Waals surface area contributed by atoms with Crippen LogP contribution >= 0.6 is 0 Å². The number of hydrogen-bond donors (Lipinski definition) is 2. The first kappa shape index (κ1) is 406. The molecule has 0 atom stereocenters. The van der Waals surface area contributed by atoms with Gasteiger partial charge in [0.2, 0.25) is 0 Å². The van der Waals surface area contributed by atoms with Crippen molar-refractivity contribution in [1.82, 2.24) is 12.3 Å². The molecular formula is H8N2O2Pt. The predicted molar refractivity (Wildman–Crippen MR) is 13.9 cm³/mol. The summed E-state index contributed by atoms with van der Waals surface area (Å²) >= 11 is 0. The van der Waals surface area contributed by atoms with Crippen LogP contribution in [0.25, 0.3) is 0 Å². The Hall–Kier alpha value is 0.528. The topological polar surface area (TPSA) is 130 Å². The van der Waals surface area contributed by atoms with Crippen molar-refractivity contribution in [1.29, 1.82) is 0 Å². The van der Waals surface area contributed by atoms with Gasteiger partial charge in [-0.1, -0.05) is 0 Å². The fourth-order valence-electron chi connectivity index (χ4n) is 0. The van der Waals surface area contributed by atoms with Crippen molar-refractivity contribution in [3.63, 3.8) is 0 Å². The molecule has 0 aromatic heterocycles. The van der Waals surface area contributed by atoms with Crippen molar-refractivity contribution in [2.75, 3.05) is 0 Å². The van der Waals surface area contributed by atoms with Gasteiger partial charge in [-0.15, -0.1) is 0 Å². The van der Waals surface area contributed by atoms with Gasteiger partial charge in [0.25, 0.3) is 0 Å². The average molecular weight is 263 g/mol. The van der Waals surface area contributed by atoms with E-state index in [9.17, 15) is 0 Å². The second-order valence-corrected chi connectivity index (χ2v) is 0. The Morgan fingerprint density at radius 1 is 0.600 bits per heavy atom. The molecule has 0 saturated heterocycles. The second kappa shape index (κ2) is 202. The molecule has 0 saturated carbocycles. The quantitative estimate of drug-likeness (QED) is 0.635. The molecule has 0 fully saturated rings. The molecule has 0 aliphatic rings. The van der Waals surface area contributed by atoms with Gasteiger partial charge in [-0.25, -0.2) is 0 Å². The normalized spacial score (nSPS) is 0. The Kier molecular flexibility index (Phi) is 16400. The fraction of sp³-hybridized carbons (Fsp3) is 0. The molecule has 0 aliphatic carbocycles. The van der Waals surface area contributed by atoms with Crippen LogP contribution in [0.15, 0.2) is 0 Å². The van der Waals surface area contributed by atoms with Crippen molar-refractivity contribution in [2.24, 2.45) is 0 Å². The molecule has 0 heterocycles. The summed E-state index contributed by atoms with van der Waals surface area (Å²) in [5.41, 5.74) is 0. The molecule has 0 aliphatic heterocycles. The van der Waals surface area contributed by atoms with Crippen molar-refractivity contribution in [3.05, 3.63) is 0 Å². The summed E-state index contributed by atoms with van der Waals surface area (Å²) in [6.45, 7) is 0. The number of hydrogen-bond acceptors (Lipinski definition) is 4. The molecular weight excluding hydrogens is 255 g/mol. The Morgan fingerprint density at radius 2 is 0.600 bits per heavy atom. The van der Waals surface area contributed by atoms with Crippen LogP contribution in [-0.4, -0.2) is 11.0 Å². The van der Waals surface area contributed by atoms with Crippen LogP contribution in [0.1, 0.15) is 0 Å². The zero-order valence-corrected chi connectivity index (χ0v) is 4.90. The minimum absolute atomic E-state index is 0. The molecule has 4 nitrogen and oxygen atoms in total. The zero-order valence-electron chi connectivity index (χ0n) is 2.62. The molecule has 0 unspecified atom stereocenters. The first-order valence-electron chi connectivity index (χ1n) is 0. The van der Waals surface area contributed by atoms with E-state index in [1.807, 2.05) is 0 Å². The standard InChI is InChI=1S/2H3N.2H2O.Pt/h2*1H3;2*1H2;/q;;;;+2/p-2. The molecule has 0 radical (unpaired) electrons. The van der Waals surface area contributed by atoms with Crippen LogP contribution in [0.4, 0.5) is 0 Å². The Balaban J connectivity index is 0. The van der Waals surface area contributed by atoms with E-state index in [1.165, 1.54) is 0 Å². The summed E-state index contributed by atoms with van der Waals surface area (Å²) in [6, 6.07) is 0. The summed E-state index contributed by atoms with van der Waals surface area (Å²) < 4.78 is 0. The summed E-state index contributed by atoms with van der Waals surface area (Å²) in [4.78, 5) is 0. The smallest absolute Gasteiger partial charge is 0.870 e. The van der Waals surface area contributed by atoms with Crippen LogP contribution in [0.2, 0.25) is 0 Å². The van der Waals surface area contributed by atoms with Gasteiger partial charge in [0.15, 0.2) is 0 Å². The molecule has 5 heteroatoms. The summed E-state index contributed by atoms with van der Waals surface area (Å²) in [5.74, 6) is 0. The van der Waals surface area contributed by atoms with Gasteiger partial charge >= 0.3 is 21.1 Å². The third kappa shape index (κ3) is 104. The van der Waals surface area contributed by atoms with E-state index >= 15 is 0 Å². The third-order valence-corrected chi connectivity index (χ3v) is 0. The minimum atomic E-state index is 0. The molecule has 0 amide bonds. The van der Waals surface area contributed by atoms with Gasteiger partial charge in [-0.3, -0.25) is 0 Å². The molecule has 40 valence electrons. The Labute approximate surface area is 45.0 Å². The van der Waals surface area contributed by atoms with Gasteiger partial charge in [0.1, 0.15) is 0 Å².